The second-order valence-electron chi connectivity index (χ2n) is 5.15. The summed E-state index contributed by atoms with van der Waals surface area (Å²) in [7, 11) is -0.712. The normalized spacial score (nSPS) is 22.1. The molecule has 0 radical (unpaired) electrons. The number of anilines is 1. The highest BCUT2D eigenvalue weighted by atomic mass is 32.2. The highest BCUT2D eigenvalue weighted by Crippen LogP contribution is 2.25. The van der Waals surface area contributed by atoms with Gasteiger partial charge in [0.2, 0.25) is 0 Å². The predicted octanol–water partition coefficient (Wildman–Crippen LogP) is 2.26. The average molecular weight is 304 g/mol. The van der Waals surface area contributed by atoms with Gasteiger partial charge >= 0.3 is 5.97 Å². The highest BCUT2D eigenvalue weighted by molar-refractivity contribution is 7.85. The van der Waals surface area contributed by atoms with E-state index >= 15 is 0 Å². The maximum absolute atomic E-state index is 11.4. The van der Waals surface area contributed by atoms with Gasteiger partial charge in [-0.1, -0.05) is 24.3 Å². The fraction of sp³-hybridized carbons (Fsp3) is 0.333. The number of hydrogen-bond acceptors (Lipinski definition) is 4. The van der Waals surface area contributed by atoms with Crippen molar-refractivity contribution in [2.75, 3.05) is 16.8 Å². The summed E-state index contributed by atoms with van der Waals surface area (Å²) >= 11 is 0. The van der Waals surface area contributed by atoms with Crippen molar-refractivity contribution in [2.45, 2.75) is 18.9 Å². The maximum Gasteiger partial charge on any atom is 0.354 e. The van der Waals surface area contributed by atoms with Crippen molar-refractivity contribution >= 4 is 33.4 Å². The molecule has 1 aromatic heterocycles. The van der Waals surface area contributed by atoms with Crippen molar-refractivity contribution in [3.63, 3.8) is 0 Å². The molecule has 0 amide bonds. The Morgan fingerprint density at radius 3 is 2.71 bits per heavy atom. The first-order valence-electron chi connectivity index (χ1n) is 6.88. The largest absolute Gasteiger partial charge is 0.477 e. The number of aromatic carboxylic acids is 1. The van der Waals surface area contributed by atoms with E-state index in [9.17, 15) is 14.1 Å². The third-order valence-electron chi connectivity index (χ3n) is 3.69. The Morgan fingerprint density at radius 1 is 1.29 bits per heavy atom. The van der Waals surface area contributed by atoms with E-state index in [1.807, 2.05) is 24.3 Å². The van der Waals surface area contributed by atoms with Gasteiger partial charge in [0.05, 0.1) is 0 Å². The van der Waals surface area contributed by atoms with E-state index < -0.39 is 16.8 Å². The Kier molecular flexibility index (Phi) is 3.88. The van der Waals surface area contributed by atoms with E-state index in [1.165, 1.54) is 0 Å². The molecular weight excluding hydrogens is 288 g/mol. The van der Waals surface area contributed by atoms with E-state index in [4.69, 9.17) is 0 Å². The minimum Gasteiger partial charge on any atom is -0.477 e. The van der Waals surface area contributed by atoms with Crippen LogP contribution in [0.3, 0.4) is 0 Å². The molecule has 1 saturated heterocycles. The Bertz CT molecular complexity index is 707. The van der Waals surface area contributed by atoms with Crippen molar-refractivity contribution in [3.8, 4) is 0 Å². The first-order chi connectivity index (χ1) is 10.1. The summed E-state index contributed by atoms with van der Waals surface area (Å²) in [6.45, 7) is 0. The molecule has 0 spiro atoms. The Balaban J connectivity index is 1.96. The van der Waals surface area contributed by atoms with Gasteiger partial charge in [0.1, 0.15) is 5.82 Å². The summed E-state index contributed by atoms with van der Waals surface area (Å²) < 4.78 is 11.4. The van der Waals surface area contributed by atoms with Gasteiger partial charge < -0.3 is 10.4 Å². The van der Waals surface area contributed by atoms with Crippen molar-refractivity contribution in [1.29, 1.82) is 0 Å². The number of fused-ring (bicyclic) bond motifs is 1. The number of carbonyl (C=O) groups is 1. The number of benzene rings is 1. The number of carboxylic acid groups (broad SMARTS) is 1. The number of aromatic nitrogens is 1. The number of pyridine rings is 1. The molecular formula is C15H16N2O3S. The van der Waals surface area contributed by atoms with Crippen molar-refractivity contribution in [3.05, 3.63) is 36.0 Å². The summed E-state index contributed by atoms with van der Waals surface area (Å²) in [5, 5.41) is 14.3. The van der Waals surface area contributed by atoms with Crippen molar-refractivity contribution < 1.29 is 14.1 Å². The van der Waals surface area contributed by atoms with Gasteiger partial charge in [-0.15, -0.1) is 0 Å². The van der Waals surface area contributed by atoms with E-state index in [0.29, 0.717) is 17.3 Å². The zero-order valence-electron chi connectivity index (χ0n) is 11.4. The molecule has 2 aromatic rings. The number of nitrogens with one attached hydrogen (secondary N) is 1. The molecule has 6 heteroatoms. The van der Waals surface area contributed by atoms with Crippen LogP contribution in [0.4, 0.5) is 5.82 Å². The molecule has 0 aliphatic carbocycles. The highest BCUT2D eigenvalue weighted by Gasteiger charge is 2.19. The van der Waals surface area contributed by atoms with Gasteiger partial charge in [0, 0.05) is 33.7 Å². The molecule has 0 bridgehead atoms. The maximum atomic E-state index is 11.4. The second-order valence-corrected chi connectivity index (χ2v) is 6.85. The zero-order valence-corrected chi connectivity index (χ0v) is 12.2. The molecule has 0 unspecified atom stereocenters. The van der Waals surface area contributed by atoms with Crippen molar-refractivity contribution in [1.82, 2.24) is 4.98 Å². The monoisotopic (exact) mass is 304 g/mol. The molecule has 21 heavy (non-hydrogen) atoms. The van der Waals surface area contributed by atoms with E-state index in [1.54, 1.807) is 6.07 Å². The number of hydrogen-bond donors (Lipinski definition) is 2. The molecule has 110 valence electrons. The lowest BCUT2D eigenvalue weighted by molar-refractivity contribution is 0.0691. The summed E-state index contributed by atoms with van der Waals surface area (Å²) in [5.74, 6) is 0.944. The van der Waals surface area contributed by atoms with Crippen LogP contribution in [0.15, 0.2) is 30.3 Å². The Labute approximate surface area is 124 Å². The summed E-state index contributed by atoms with van der Waals surface area (Å²) in [6.07, 6.45) is 1.64. The Hall–Kier alpha value is -1.95. The van der Waals surface area contributed by atoms with Gasteiger partial charge in [-0.25, -0.2) is 9.78 Å². The lowest BCUT2D eigenvalue weighted by Gasteiger charge is -2.23. The second kappa shape index (κ2) is 5.81. The van der Waals surface area contributed by atoms with Crippen LogP contribution in [0.25, 0.3) is 10.8 Å². The van der Waals surface area contributed by atoms with Gasteiger partial charge in [-0.2, -0.15) is 0 Å². The topological polar surface area (TPSA) is 79.3 Å². The quantitative estimate of drug-likeness (QED) is 0.909. The lowest BCUT2D eigenvalue weighted by atomic mass is 10.1. The molecule has 2 heterocycles. The number of carboxylic acids is 1. The zero-order chi connectivity index (χ0) is 14.8. The Morgan fingerprint density at radius 2 is 2.00 bits per heavy atom. The minimum atomic E-state index is -1.03. The van der Waals surface area contributed by atoms with Crippen LogP contribution in [0.2, 0.25) is 0 Å². The predicted molar refractivity (Wildman–Crippen MR) is 83.2 cm³/mol. The third-order valence-corrected chi connectivity index (χ3v) is 5.07. The molecule has 1 aliphatic heterocycles. The van der Waals surface area contributed by atoms with Crippen LogP contribution < -0.4 is 5.32 Å². The van der Waals surface area contributed by atoms with E-state index in [-0.39, 0.29) is 11.7 Å². The number of rotatable bonds is 3. The van der Waals surface area contributed by atoms with Crippen LogP contribution in [0, 0.1) is 0 Å². The SMILES string of the molecule is O=C(O)c1cc2ccccc2c(NC2CCS(=O)CC2)n1. The molecule has 1 aromatic carbocycles. The third kappa shape index (κ3) is 3.05. The fourth-order valence-electron chi connectivity index (χ4n) is 2.55. The average Bonchev–Trinajstić information content (AvgIpc) is 2.49. The molecule has 0 atom stereocenters. The first-order valence-corrected chi connectivity index (χ1v) is 8.37. The van der Waals surface area contributed by atoms with Gasteiger partial charge in [0.25, 0.3) is 0 Å². The molecule has 5 nitrogen and oxygen atoms in total. The van der Waals surface area contributed by atoms with Crippen LogP contribution in [-0.2, 0) is 10.8 Å². The molecule has 1 fully saturated rings. The van der Waals surface area contributed by atoms with E-state index in [0.717, 1.165) is 23.6 Å². The molecule has 0 saturated carbocycles. The van der Waals surface area contributed by atoms with Crippen LogP contribution in [0.1, 0.15) is 23.3 Å². The minimum absolute atomic E-state index is 0.0376. The van der Waals surface area contributed by atoms with Gasteiger partial charge in [0.15, 0.2) is 5.69 Å². The van der Waals surface area contributed by atoms with Gasteiger partial charge in [-0.3, -0.25) is 4.21 Å². The standard InChI is InChI=1S/C15H16N2O3S/c18-15(19)13-9-10-3-1-2-4-12(10)14(17-13)16-11-5-7-21(20)8-6-11/h1-4,9,11H,5-8H2,(H,16,17)(H,18,19). The van der Waals surface area contributed by atoms with Gasteiger partial charge in [-0.05, 0) is 24.3 Å². The molecule has 2 N–H and O–H groups in total. The summed E-state index contributed by atoms with van der Waals surface area (Å²) in [6, 6.07) is 9.37. The summed E-state index contributed by atoms with van der Waals surface area (Å²) in [4.78, 5) is 15.4. The van der Waals surface area contributed by atoms with Crippen LogP contribution in [-0.4, -0.2) is 37.8 Å². The molecule has 1 aliphatic rings. The van der Waals surface area contributed by atoms with E-state index in [2.05, 4.69) is 10.3 Å². The number of nitrogens with zero attached hydrogens (tertiary/aromatic N) is 1. The van der Waals surface area contributed by atoms with Crippen LogP contribution in [0.5, 0.6) is 0 Å². The lowest BCUT2D eigenvalue weighted by Crippen LogP contribution is -2.30. The smallest absolute Gasteiger partial charge is 0.354 e. The van der Waals surface area contributed by atoms with Crippen LogP contribution >= 0.6 is 0 Å². The van der Waals surface area contributed by atoms with Crippen molar-refractivity contribution in [2.24, 2.45) is 0 Å². The molecule has 3 rings (SSSR count). The first kappa shape index (κ1) is 14.0. The fourth-order valence-corrected chi connectivity index (χ4v) is 3.85. The summed E-state index contributed by atoms with van der Waals surface area (Å²) in [5.41, 5.74) is 0.0376.